The van der Waals surface area contributed by atoms with Crippen LogP contribution in [0.1, 0.15) is 18.5 Å². The molecule has 0 saturated heterocycles. The number of oxime groups is 1. The molecule has 1 amide bonds. The number of benzene rings is 1. The number of carbonyl (C=O) groups excluding carboxylic acids is 1. The molecule has 0 saturated carbocycles. The molecule has 6 heteroatoms. The zero-order valence-electron chi connectivity index (χ0n) is 9.96. The molecule has 0 fully saturated rings. The van der Waals surface area contributed by atoms with E-state index in [-0.39, 0.29) is 17.8 Å². The lowest BCUT2D eigenvalue weighted by Gasteiger charge is -2.15. The minimum atomic E-state index is -0.678. The Morgan fingerprint density at radius 1 is 1.61 bits per heavy atom. The van der Waals surface area contributed by atoms with E-state index in [2.05, 4.69) is 10.5 Å². The van der Waals surface area contributed by atoms with E-state index < -0.39 is 5.92 Å². The molecule has 4 N–H and O–H groups in total. The first-order valence-corrected chi connectivity index (χ1v) is 5.63. The number of hydrogen-bond donors (Lipinski definition) is 3. The molecule has 0 spiro atoms. The van der Waals surface area contributed by atoms with Crippen LogP contribution >= 0.6 is 0 Å². The second-order valence-corrected chi connectivity index (χ2v) is 4.16. The van der Waals surface area contributed by atoms with Crippen molar-refractivity contribution in [3.05, 3.63) is 29.8 Å². The van der Waals surface area contributed by atoms with E-state index in [1.54, 1.807) is 6.92 Å². The average molecular weight is 249 g/mol. The van der Waals surface area contributed by atoms with Gasteiger partial charge in [-0.25, -0.2) is 0 Å². The van der Waals surface area contributed by atoms with Crippen LogP contribution in [0.4, 0.5) is 0 Å². The molecule has 1 aromatic carbocycles. The largest absolute Gasteiger partial charge is 0.491 e. The second-order valence-electron chi connectivity index (χ2n) is 4.16. The molecule has 0 aromatic heterocycles. The minimum Gasteiger partial charge on any atom is -0.491 e. The highest BCUT2D eigenvalue weighted by Crippen LogP contribution is 2.31. The number of hydrogen-bond acceptors (Lipinski definition) is 4. The normalized spacial score (nSPS) is 19.8. The molecular weight excluding hydrogens is 234 g/mol. The van der Waals surface area contributed by atoms with Gasteiger partial charge in [0.05, 0.1) is 12.0 Å². The summed E-state index contributed by atoms with van der Waals surface area (Å²) < 4.78 is 5.45. The summed E-state index contributed by atoms with van der Waals surface area (Å²) in [6.45, 7) is 1.97. The Labute approximate surface area is 104 Å². The maximum Gasteiger partial charge on any atom is 0.231 e. The van der Waals surface area contributed by atoms with Crippen LogP contribution in [0.2, 0.25) is 0 Å². The first-order chi connectivity index (χ1) is 8.63. The molecule has 2 rings (SSSR count). The monoisotopic (exact) mass is 249 g/mol. The molecule has 2 unspecified atom stereocenters. The molecule has 1 aromatic rings. The third-order valence-corrected chi connectivity index (χ3v) is 2.97. The predicted octanol–water partition coefficient (Wildman–Crippen LogP) is 0.619. The molecule has 0 bridgehead atoms. The van der Waals surface area contributed by atoms with Gasteiger partial charge in [-0.05, 0) is 13.0 Å². The molecule has 1 heterocycles. The summed E-state index contributed by atoms with van der Waals surface area (Å²) in [6.07, 6.45) is 0. The van der Waals surface area contributed by atoms with Gasteiger partial charge in [-0.3, -0.25) is 4.79 Å². The van der Waals surface area contributed by atoms with E-state index in [1.165, 1.54) is 0 Å². The van der Waals surface area contributed by atoms with Gasteiger partial charge in [-0.1, -0.05) is 23.4 Å². The average Bonchev–Trinajstić information content (AvgIpc) is 2.80. The van der Waals surface area contributed by atoms with Crippen molar-refractivity contribution in [3.63, 3.8) is 0 Å². The van der Waals surface area contributed by atoms with E-state index in [9.17, 15) is 4.79 Å². The lowest BCUT2D eigenvalue weighted by molar-refractivity contribution is -0.123. The van der Waals surface area contributed by atoms with Gasteiger partial charge in [0.1, 0.15) is 12.4 Å². The molecule has 18 heavy (non-hydrogen) atoms. The number of nitrogens with two attached hydrogens (primary N) is 1. The SMILES string of the molecule is CC(C(=O)NC1COc2ccccc21)C(N)=NO. The van der Waals surface area contributed by atoms with Crippen molar-refractivity contribution in [2.45, 2.75) is 13.0 Å². The van der Waals surface area contributed by atoms with E-state index in [4.69, 9.17) is 15.7 Å². The van der Waals surface area contributed by atoms with E-state index in [0.717, 1.165) is 11.3 Å². The minimum absolute atomic E-state index is 0.111. The van der Waals surface area contributed by atoms with Gasteiger partial charge in [-0.2, -0.15) is 0 Å². The number of nitrogens with one attached hydrogen (secondary N) is 1. The zero-order chi connectivity index (χ0) is 13.1. The van der Waals surface area contributed by atoms with Crippen molar-refractivity contribution in [1.29, 1.82) is 0 Å². The standard InChI is InChI=1S/C12H15N3O3/c1-7(11(13)15-17)12(16)14-9-6-18-10-5-3-2-4-8(9)10/h2-5,7,9,17H,6H2,1H3,(H2,13,15)(H,14,16). The summed E-state index contributed by atoms with van der Waals surface area (Å²) in [4.78, 5) is 11.9. The molecular formula is C12H15N3O3. The van der Waals surface area contributed by atoms with Crippen LogP contribution in [0.3, 0.4) is 0 Å². The lowest BCUT2D eigenvalue weighted by atomic mass is 10.1. The summed E-state index contributed by atoms with van der Waals surface area (Å²) in [5.74, 6) is -0.308. The number of rotatable bonds is 3. The highest BCUT2D eigenvalue weighted by atomic mass is 16.5. The van der Waals surface area contributed by atoms with E-state index >= 15 is 0 Å². The highest BCUT2D eigenvalue weighted by molar-refractivity contribution is 6.01. The maximum atomic E-state index is 11.9. The van der Waals surface area contributed by atoms with Crippen LogP contribution in [0, 0.1) is 5.92 Å². The van der Waals surface area contributed by atoms with Gasteiger partial charge in [0.15, 0.2) is 5.84 Å². The number of para-hydroxylation sites is 1. The van der Waals surface area contributed by atoms with Gasteiger partial charge < -0.3 is 21.0 Å². The molecule has 0 aliphatic carbocycles. The van der Waals surface area contributed by atoms with Gasteiger partial charge in [0.25, 0.3) is 0 Å². The summed E-state index contributed by atoms with van der Waals surface area (Å²) in [5, 5.41) is 14.2. The Morgan fingerprint density at radius 3 is 3.06 bits per heavy atom. The number of amides is 1. The number of amidine groups is 1. The van der Waals surface area contributed by atoms with Gasteiger partial charge >= 0.3 is 0 Å². The molecule has 0 radical (unpaired) electrons. The molecule has 1 aliphatic rings. The summed E-state index contributed by atoms with van der Waals surface area (Å²) in [7, 11) is 0. The fourth-order valence-electron chi connectivity index (χ4n) is 1.80. The van der Waals surface area contributed by atoms with E-state index in [1.807, 2.05) is 24.3 Å². The number of nitrogens with zero attached hydrogens (tertiary/aromatic N) is 1. The van der Waals surface area contributed by atoms with Gasteiger partial charge in [0.2, 0.25) is 5.91 Å². The molecule has 1 aliphatic heterocycles. The van der Waals surface area contributed by atoms with Crippen LogP contribution in [0.5, 0.6) is 5.75 Å². The van der Waals surface area contributed by atoms with Crippen molar-refractivity contribution in [2.24, 2.45) is 16.8 Å². The number of fused-ring (bicyclic) bond motifs is 1. The third-order valence-electron chi connectivity index (χ3n) is 2.97. The summed E-state index contributed by atoms with van der Waals surface area (Å²) >= 11 is 0. The first-order valence-electron chi connectivity index (χ1n) is 5.63. The summed E-state index contributed by atoms with van der Waals surface area (Å²) in [6, 6.07) is 7.33. The zero-order valence-corrected chi connectivity index (χ0v) is 9.96. The smallest absolute Gasteiger partial charge is 0.231 e. The topological polar surface area (TPSA) is 96.9 Å². The Bertz CT molecular complexity index is 487. The van der Waals surface area contributed by atoms with Crippen LogP contribution in [-0.2, 0) is 4.79 Å². The predicted molar refractivity (Wildman–Crippen MR) is 65.4 cm³/mol. The molecule has 6 nitrogen and oxygen atoms in total. The third kappa shape index (κ3) is 2.22. The van der Waals surface area contributed by atoms with Gasteiger partial charge in [-0.15, -0.1) is 0 Å². The van der Waals surface area contributed by atoms with Crippen LogP contribution in [-0.4, -0.2) is 23.6 Å². The van der Waals surface area contributed by atoms with Gasteiger partial charge in [0, 0.05) is 5.56 Å². The highest BCUT2D eigenvalue weighted by Gasteiger charge is 2.27. The van der Waals surface area contributed by atoms with Crippen LogP contribution in [0.25, 0.3) is 0 Å². The van der Waals surface area contributed by atoms with Crippen molar-refractivity contribution in [3.8, 4) is 5.75 Å². The van der Waals surface area contributed by atoms with Crippen LogP contribution in [0.15, 0.2) is 29.4 Å². The quantitative estimate of drug-likeness (QED) is 0.316. The Balaban J connectivity index is 2.06. The fraction of sp³-hybridized carbons (Fsp3) is 0.333. The summed E-state index contributed by atoms with van der Waals surface area (Å²) in [5.41, 5.74) is 6.34. The van der Waals surface area contributed by atoms with Crippen molar-refractivity contribution >= 4 is 11.7 Å². The fourth-order valence-corrected chi connectivity index (χ4v) is 1.80. The maximum absolute atomic E-state index is 11.9. The first kappa shape index (κ1) is 12.2. The van der Waals surface area contributed by atoms with Crippen LogP contribution < -0.4 is 15.8 Å². The molecule has 2 atom stereocenters. The Hall–Kier alpha value is -2.24. The van der Waals surface area contributed by atoms with Crippen molar-refractivity contribution in [2.75, 3.05) is 6.61 Å². The second kappa shape index (κ2) is 4.95. The number of carbonyl (C=O) groups is 1. The van der Waals surface area contributed by atoms with Crippen molar-refractivity contribution in [1.82, 2.24) is 5.32 Å². The Kier molecular flexibility index (Phi) is 3.36. The van der Waals surface area contributed by atoms with Crippen molar-refractivity contribution < 1.29 is 14.7 Å². The Morgan fingerprint density at radius 2 is 2.33 bits per heavy atom. The molecule has 96 valence electrons. The van der Waals surface area contributed by atoms with E-state index in [0.29, 0.717) is 6.61 Å². The lowest BCUT2D eigenvalue weighted by Crippen LogP contribution is -2.39. The number of ether oxygens (including phenoxy) is 1.